The third kappa shape index (κ3) is 6.72. The van der Waals surface area contributed by atoms with E-state index in [9.17, 15) is 0 Å². The van der Waals surface area contributed by atoms with E-state index >= 15 is 0 Å². The Morgan fingerprint density at radius 2 is 1.57 bits per heavy atom. The molecule has 0 fully saturated rings. The molecule has 0 saturated heterocycles. The van der Waals surface area contributed by atoms with E-state index in [-0.39, 0.29) is 36.6 Å². The van der Waals surface area contributed by atoms with Crippen LogP contribution in [-0.2, 0) is 25.5 Å². The quantitative estimate of drug-likeness (QED) is 0.165. The third-order valence-electron chi connectivity index (χ3n) is 9.78. The third-order valence-corrected chi connectivity index (χ3v) is 9.78. The molecule has 4 heterocycles. The van der Waals surface area contributed by atoms with Crippen molar-refractivity contribution in [3.05, 3.63) is 168 Å². The van der Waals surface area contributed by atoms with Crippen LogP contribution in [0.3, 0.4) is 0 Å². The molecular weight excluding hydrogens is 829 g/mol. The first-order valence-electron chi connectivity index (χ1n) is 20.3. The molecule has 53 heavy (non-hydrogen) atoms. The molecule has 5 heteroatoms. The Kier molecular flexibility index (Phi) is 8.02. The number of nitrogens with zero attached hydrogens (tertiary/aromatic N) is 2. The van der Waals surface area contributed by atoms with E-state index in [1.807, 2.05) is 54.7 Å². The number of fused-ring (bicyclic) bond motifs is 6. The molecule has 9 rings (SSSR count). The van der Waals surface area contributed by atoms with E-state index in [1.165, 1.54) is 29.5 Å². The maximum atomic E-state index is 7.77. The SMILES string of the molecule is CC(C)c1ccnc(-c2[c-]ccc3c2oc2c4c(ccc23)C(C)(C)c2ccccc2O4)c1.[2H]C([2H])([2H])c1ccc(-c2[c-]cc(C([2H])([2H])[2H])c(-c3ccccc3)c2)nc1.[Ir]. The number of aryl methyl sites for hydroxylation is 2. The second kappa shape index (κ2) is 14.6. The zero-order chi connectivity index (χ0) is 41.0. The first-order chi connectivity index (χ1) is 27.6. The van der Waals surface area contributed by atoms with Gasteiger partial charge < -0.3 is 19.1 Å². The van der Waals surface area contributed by atoms with Crippen molar-refractivity contribution in [1.29, 1.82) is 0 Å². The number of hydrogen-bond donors (Lipinski definition) is 0. The maximum absolute atomic E-state index is 7.77. The number of ether oxygens (including phenoxy) is 1. The molecule has 0 unspecified atom stereocenters. The molecule has 0 amide bonds. The Bertz CT molecular complexity index is 2790. The van der Waals surface area contributed by atoms with Crippen LogP contribution in [0.4, 0.5) is 0 Å². The first kappa shape index (κ1) is 29.1. The van der Waals surface area contributed by atoms with Gasteiger partial charge in [-0.05, 0) is 47.4 Å². The summed E-state index contributed by atoms with van der Waals surface area (Å²) in [5.41, 5.74) is 9.60. The van der Waals surface area contributed by atoms with Crippen molar-refractivity contribution in [3.8, 4) is 45.1 Å². The van der Waals surface area contributed by atoms with Crippen molar-refractivity contribution in [2.45, 2.75) is 52.7 Å². The van der Waals surface area contributed by atoms with Gasteiger partial charge in [-0.3, -0.25) is 0 Å². The molecule has 0 N–H and O–H groups in total. The fourth-order valence-corrected chi connectivity index (χ4v) is 6.88. The number of aromatic nitrogens is 2. The van der Waals surface area contributed by atoms with Crippen LogP contribution in [0, 0.1) is 25.8 Å². The van der Waals surface area contributed by atoms with Gasteiger partial charge in [0.05, 0.1) is 5.58 Å². The molecular formula is C48H40IrN2O2-2. The minimum Gasteiger partial charge on any atom is -0.497 e. The smallest absolute Gasteiger partial charge is 0.173 e. The second-order valence-corrected chi connectivity index (χ2v) is 13.8. The van der Waals surface area contributed by atoms with Gasteiger partial charge >= 0.3 is 0 Å². The number of rotatable bonds is 4. The molecule has 0 spiro atoms. The average Bonchev–Trinajstić information content (AvgIpc) is 3.60. The Hall–Kier alpha value is -5.35. The molecule has 1 radical (unpaired) electrons. The van der Waals surface area contributed by atoms with Crippen LogP contribution in [0.5, 0.6) is 11.5 Å². The summed E-state index contributed by atoms with van der Waals surface area (Å²) in [7, 11) is 0. The van der Waals surface area contributed by atoms with Crippen LogP contribution in [0.15, 0.2) is 132 Å². The van der Waals surface area contributed by atoms with Gasteiger partial charge in [-0.2, -0.15) is 0 Å². The molecule has 0 bridgehead atoms. The molecule has 1 aliphatic rings. The number of hydrogen-bond acceptors (Lipinski definition) is 4. The molecule has 8 aromatic rings. The molecule has 265 valence electrons. The fraction of sp³-hybridized carbons (Fsp3) is 0.167. The van der Waals surface area contributed by atoms with Crippen LogP contribution < -0.4 is 4.74 Å². The Labute approximate surface area is 333 Å². The Morgan fingerprint density at radius 3 is 2.34 bits per heavy atom. The zero-order valence-corrected chi connectivity index (χ0v) is 32.1. The monoisotopic (exact) mass is 875 g/mol. The number of para-hydroxylation sites is 1. The summed E-state index contributed by atoms with van der Waals surface area (Å²) in [5, 5.41) is 2.10. The maximum Gasteiger partial charge on any atom is 0.173 e. The van der Waals surface area contributed by atoms with Crippen LogP contribution in [0.2, 0.25) is 0 Å². The van der Waals surface area contributed by atoms with Gasteiger partial charge in [-0.15, -0.1) is 47.5 Å². The van der Waals surface area contributed by atoms with E-state index in [0.717, 1.165) is 55.8 Å². The van der Waals surface area contributed by atoms with Crippen LogP contribution in [0.25, 0.3) is 55.6 Å². The summed E-state index contributed by atoms with van der Waals surface area (Å²) in [6, 6.07) is 42.7. The van der Waals surface area contributed by atoms with Gasteiger partial charge in [0.1, 0.15) is 5.75 Å². The van der Waals surface area contributed by atoms with Crippen LogP contribution in [-0.4, -0.2) is 9.97 Å². The molecule has 0 atom stereocenters. The summed E-state index contributed by atoms with van der Waals surface area (Å²) in [5.74, 6) is 2.11. The Balaban J connectivity index is 0.000000180. The predicted octanol–water partition coefficient (Wildman–Crippen LogP) is 12.8. The molecule has 4 nitrogen and oxygen atoms in total. The van der Waals surface area contributed by atoms with Crippen molar-refractivity contribution in [2.24, 2.45) is 0 Å². The summed E-state index contributed by atoms with van der Waals surface area (Å²) < 4.78 is 58.5. The van der Waals surface area contributed by atoms with Crippen LogP contribution >= 0.6 is 0 Å². The Morgan fingerprint density at radius 1 is 0.755 bits per heavy atom. The average molecular weight is 875 g/mol. The van der Waals surface area contributed by atoms with Gasteiger partial charge in [-0.1, -0.05) is 135 Å². The van der Waals surface area contributed by atoms with E-state index < -0.39 is 13.7 Å². The van der Waals surface area contributed by atoms with Crippen LogP contribution in [0.1, 0.15) is 69.7 Å². The van der Waals surface area contributed by atoms with Crippen molar-refractivity contribution in [3.63, 3.8) is 0 Å². The second-order valence-electron chi connectivity index (χ2n) is 13.8. The summed E-state index contributed by atoms with van der Waals surface area (Å²) >= 11 is 0. The first-order valence-corrected chi connectivity index (χ1v) is 17.3. The van der Waals surface area contributed by atoms with E-state index in [4.69, 9.17) is 17.4 Å². The summed E-state index contributed by atoms with van der Waals surface area (Å²) in [6.07, 6.45) is 3.18. The van der Waals surface area contributed by atoms with Crippen molar-refractivity contribution in [1.82, 2.24) is 9.97 Å². The molecule has 0 aliphatic carbocycles. The number of furan rings is 1. The molecule has 1 aliphatic heterocycles. The van der Waals surface area contributed by atoms with Gasteiger partial charge in [0.15, 0.2) is 11.3 Å². The minimum atomic E-state index is -2.27. The normalized spacial score (nSPS) is 14.8. The minimum absolute atomic E-state index is 0. The predicted molar refractivity (Wildman–Crippen MR) is 212 cm³/mol. The van der Waals surface area contributed by atoms with Crippen molar-refractivity contribution >= 4 is 21.9 Å². The standard InChI is InChI=1S/C29H24NO2.C19H16N.Ir/c1-17(2)18-14-15-30-24(16-18)21-9-7-8-19-20-12-13-23-28(27(20)32-26(19)21)31-25-11-6-5-10-22(25)29(23,3)4;1-14-8-11-19(20-13-14)17-10-9-15(2)18(12-17)16-6-4-3-5-7-16;/h5-8,10-17H,1-4H3;3-9,11-13H,1-2H3;/q2*-1;/i;1D3,2D3;. The van der Waals surface area contributed by atoms with E-state index in [1.54, 1.807) is 12.1 Å². The van der Waals surface area contributed by atoms with Gasteiger partial charge in [-0.25, -0.2) is 0 Å². The van der Waals surface area contributed by atoms with Gasteiger partial charge in [0.25, 0.3) is 0 Å². The van der Waals surface area contributed by atoms with E-state index in [0.29, 0.717) is 22.7 Å². The summed E-state index contributed by atoms with van der Waals surface area (Å²) in [6.45, 7) is 4.38. The van der Waals surface area contributed by atoms with E-state index in [2.05, 4.69) is 92.3 Å². The molecule has 0 saturated carbocycles. The topological polar surface area (TPSA) is 48.2 Å². The largest absolute Gasteiger partial charge is 0.497 e. The molecule has 5 aromatic carbocycles. The van der Waals surface area contributed by atoms with Gasteiger partial charge in [0, 0.05) is 62.7 Å². The fourth-order valence-electron chi connectivity index (χ4n) is 6.88. The summed E-state index contributed by atoms with van der Waals surface area (Å²) in [4.78, 5) is 8.84. The number of pyridine rings is 2. The molecule has 3 aromatic heterocycles. The van der Waals surface area contributed by atoms with Gasteiger partial charge in [0.2, 0.25) is 0 Å². The van der Waals surface area contributed by atoms with Crippen molar-refractivity contribution < 1.29 is 37.5 Å². The number of benzene rings is 5. The van der Waals surface area contributed by atoms with Crippen molar-refractivity contribution in [2.75, 3.05) is 0 Å². The zero-order valence-electron chi connectivity index (χ0n) is 35.7.